The number of hydrogen-bond donors (Lipinski definition) is 0. The lowest BCUT2D eigenvalue weighted by Crippen LogP contribution is -2.18. The van der Waals surface area contributed by atoms with E-state index in [1.807, 2.05) is 0 Å². The van der Waals surface area contributed by atoms with Crippen molar-refractivity contribution in [3.8, 4) is 17.3 Å². The van der Waals surface area contributed by atoms with Gasteiger partial charge in [-0.15, -0.1) is 0 Å². The van der Waals surface area contributed by atoms with Gasteiger partial charge in [-0.25, -0.2) is 0 Å². The van der Waals surface area contributed by atoms with Crippen LogP contribution in [0.3, 0.4) is 0 Å². The zero-order valence-corrected chi connectivity index (χ0v) is 45.6. The van der Waals surface area contributed by atoms with Gasteiger partial charge in [-0.1, -0.05) is 182 Å². The SMILES string of the molecule is c1ccc(N(c2ccccc2)c2ccc3c4ccccc4n(-c4nc(N(c5ccccc5)c5ccc6c7ccccc7n(-c7ccccc7)c6c5)cc(N(c5ccccc5)c5ccc6c7ccccc7n(-c7ccccc7)c6c5)n4)c3c2)cc1. The van der Waals surface area contributed by atoms with Gasteiger partial charge in [0.25, 0.3) is 0 Å². The van der Waals surface area contributed by atoms with Crippen LogP contribution < -0.4 is 14.7 Å². The van der Waals surface area contributed by atoms with Crippen LogP contribution in [0.1, 0.15) is 0 Å². The molecule has 0 aliphatic rings. The summed E-state index contributed by atoms with van der Waals surface area (Å²) < 4.78 is 7.01. The molecule has 0 spiro atoms. The Morgan fingerprint density at radius 2 is 0.476 bits per heavy atom. The Labute approximate surface area is 485 Å². The molecule has 4 aromatic heterocycles. The fourth-order valence-corrected chi connectivity index (χ4v) is 12.5. The molecule has 0 saturated carbocycles. The standard InChI is InChI=1S/C76H52N8/c1-7-25-53(26-8-1)79(54-27-9-2-10-28-54)59-43-46-67-64-39-21-24-42-70(64)84(73(67)49-59)76-77-74(80(55-29-11-3-12-30-55)60-44-47-65-62-37-19-22-40-68(62)82(71(65)50-60)57-33-15-5-16-34-57)52-75(78-76)81(56-31-13-4-14-32-56)61-45-48-66-63-38-20-23-41-69(63)83(72(66)51-61)58-35-17-6-18-36-58/h1-52H. The summed E-state index contributed by atoms with van der Waals surface area (Å²) in [5.41, 5.74) is 15.4. The van der Waals surface area contributed by atoms with Crippen molar-refractivity contribution in [2.45, 2.75) is 0 Å². The molecule has 0 bridgehead atoms. The Morgan fingerprint density at radius 1 is 0.202 bits per heavy atom. The van der Waals surface area contributed by atoms with Gasteiger partial charge in [0.2, 0.25) is 5.95 Å². The number of aromatic nitrogens is 5. The quantitative estimate of drug-likeness (QED) is 0.122. The summed E-state index contributed by atoms with van der Waals surface area (Å²) in [4.78, 5) is 18.6. The second-order valence-electron chi connectivity index (χ2n) is 21.1. The molecule has 0 fully saturated rings. The molecule has 8 nitrogen and oxygen atoms in total. The maximum atomic E-state index is 5.85. The lowest BCUT2D eigenvalue weighted by Gasteiger charge is -2.29. The molecule has 0 unspecified atom stereocenters. The Balaban J connectivity index is 0.993. The van der Waals surface area contributed by atoms with E-state index in [0.29, 0.717) is 17.6 Å². The van der Waals surface area contributed by atoms with Crippen LogP contribution in [0.2, 0.25) is 0 Å². The minimum absolute atomic E-state index is 0.512. The van der Waals surface area contributed by atoms with Crippen molar-refractivity contribution in [1.82, 2.24) is 23.7 Å². The maximum Gasteiger partial charge on any atom is 0.238 e. The van der Waals surface area contributed by atoms with Crippen molar-refractivity contribution in [2.24, 2.45) is 0 Å². The predicted molar refractivity (Wildman–Crippen MR) is 349 cm³/mol. The third-order valence-electron chi connectivity index (χ3n) is 16.2. The van der Waals surface area contributed by atoms with Gasteiger partial charge in [0.15, 0.2) is 0 Å². The molecular weight excluding hydrogens is 1020 g/mol. The first kappa shape index (κ1) is 48.4. The van der Waals surface area contributed by atoms with Crippen LogP contribution in [0.15, 0.2) is 315 Å². The second-order valence-corrected chi connectivity index (χ2v) is 21.1. The summed E-state index contributed by atoms with van der Waals surface area (Å²) in [6.45, 7) is 0. The van der Waals surface area contributed by atoms with Gasteiger partial charge < -0.3 is 14.0 Å². The van der Waals surface area contributed by atoms with Gasteiger partial charge >= 0.3 is 0 Å². The first-order chi connectivity index (χ1) is 41.7. The molecule has 16 rings (SSSR count). The van der Waals surface area contributed by atoms with E-state index in [4.69, 9.17) is 9.97 Å². The first-order valence-electron chi connectivity index (χ1n) is 28.4. The van der Waals surface area contributed by atoms with Crippen molar-refractivity contribution in [1.29, 1.82) is 0 Å². The highest BCUT2D eigenvalue weighted by molar-refractivity contribution is 6.13. The predicted octanol–water partition coefficient (Wildman–Crippen LogP) is 20.2. The van der Waals surface area contributed by atoms with E-state index in [9.17, 15) is 0 Å². The van der Waals surface area contributed by atoms with Gasteiger partial charge in [-0.05, 0) is 127 Å². The lowest BCUT2D eigenvalue weighted by atomic mass is 10.1. The second kappa shape index (κ2) is 20.3. The zero-order valence-electron chi connectivity index (χ0n) is 45.6. The summed E-state index contributed by atoms with van der Waals surface area (Å²) in [6, 6.07) is 112. The van der Waals surface area contributed by atoms with Crippen molar-refractivity contribution in [3.63, 3.8) is 0 Å². The molecule has 0 radical (unpaired) electrons. The molecule has 16 aromatic rings. The van der Waals surface area contributed by atoms with Gasteiger partial charge in [-0.2, -0.15) is 9.97 Å². The summed E-state index contributed by atoms with van der Waals surface area (Å²) in [7, 11) is 0. The largest absolute Gasteiger partial charge is 0.310 e. The molecule has 0 saturated heterocycles. The van der Waals surface area contributed by atoms with E-state index in [1.165, 1.54) is 10.8 Å². The van der Waals surface area contributed by atoms with Crippen molar-refractivity contribution < 1.29 is 0 Å². The van der Waals surface area contributed by atoms with E-state index in [0.717, 1.165) is 106 Å². The molecule has 0 amide bonds. The third-order valence-corrected chi connectivity index (χ3v) is 16.2. The highest BCUT2D eigenvalue weighted by atomic mass is 15.3. The van der Waals surface area contributed by atoms with E-state index >= 15 is 0 Å². The Bertz CT molecular complexity index is 4820. The topological polar surface area (TPSA) is 50.3 Å². The van der Waals surface area contributed by atoms with Crippen LogP contribution in [-0.2, 0) is 0 Å². The molecule has 0 atom stereocenters. The average Bonchev–Trinajstić information content (AvgIpc) is 3.18. The van der Waals surface area contributed by atoms with Crippen LogP contribution in [0.5, 0.6) is 0 Å². The van der Waals surface area contributed by atoms with Crippen molar-refractivity contribution in [2.75, 3.05) is 14.7 Å². The fraction of sp³-hybridized carbons (Fsp3) is 0. The Kier molecular flexibility index (Phi) is 11.7. The molecule has 84 heavy (non-hydrogen) atoms. The van der Waals surface area contributed by atoms with Gasteiger partial charge in [0.1, 0.15) is 11.6 Å². The number of hydrogen-bond acceptors (Lipinski definition) is 5. The van der Waals surface area contributed by atoms with Gasteiger partial charge in [0.05, 0.1) is 33.1 Å². The minimum Gasteiger partial charge on any atom is -0.310 e. The van der Waals surface area contributed by atoms with E-state index in [-0.39, 0.29) is 0 Å². The number of para-hydroxylation sites is 9. The molecule has 0 aliphatic carbocycles. The smallest absolute Gasteiger partial charge is 0.238 e. The molecule has 12 aromatic carbocycles. The van der Waals surface area contributed by atoms with Crippen LogP contribution >= 0.6 is 0 Å². The molecular formula is C76H52N8. The highest BCUT2D eigenvalue weighted by Gasteiger charge is 2.26. The molecule has 0 N–H and O–H groups in total. The lowest BCUT2D eigenvalue weighted by molar-refractivity contribution is 0.968. The van der Waals surface area contributed by atoms with Crippen LogP contribution in [0.25, 0.3) is 82.7 Å². The molecule has 0 aliphatic heterocycles. The highest BCUT2D eigenvalue weighted by Crippen LogP contribution is 2.45. The number of anilines is 9. The minimum atomic E-state index is 0.512. The first-order valence-corrected chi connectivity index (χ1v) is 28.4. The van der Waals surface area contributed by atoms with E-state index in [2.05, 4.69) is 344 Å². The van der Waals surface area contributed by atoms with Crippen molar-refractivity contribution in [3.05, 3.63) is 315 Å². The number of fused-ring (bicyclic) bond motifs is 9. The maximum absolute atomic E-state index is 5.85. The zero-order chi connectivity index (χ0) is 55.5. The van der Waals surface area contributed by atoms with E-state index < -0.39 is 0 Å². The van der Waals surface area contributed by atoms with Crippen LogP contribution in [-0.4, -0.2) is 23.7 Å². The number of benzene rings is 12. The normalized spacial score (nSPS) is 11.6. The third kappa shape index (κ3) is 8.15. The summed E-state index contributed by atoms with van der Waals surface area (Å²) in [6.07, 6.45) is 0. The number of nitrogens with zero attached hydrogens (tertiary/aromatic N) is 8. The van der Waals surface area contributed by atoms with E-state index in [1.54, 1.807) is 0 Å². The Hall–Kier alpha value is -11.5. The molecule has 396 valence electrons. The summed E-state index contributed by atoms with van der Waals surface area (Å²) >= 11 is 0. The van der Waals surface area contributed by atoms with Crippen LogP contribution in [0.4, 0.5) is 51.4 Å². The van der Waals surface area contributed by atoms with Crippen molar-refractivity contribution >= 4 is 117 Å². The van der Waals surface area contributed by atoms with Gasteiger partial charge in [-0.3, -0.25) is 14.4 Å². The van der Waals surface area contributed by atoms with Gasteiger partial charge in [0, 0.05) is 89.6 Å². The monoisotopic (exact) mass is 1080 g/mol. The summed E-state index contributed by atoms with van der Waals surface area (Å²) in [5.74, 6) is 1.87. The molecule has 8 heteroatoms. The average molecular weight is 1080 g/mol. The number of rotatable bonds is 12. The molecule has 4 heterocycles. The Morgan fingerprint density at radius 3 is 0.845 bits per heavy atom. The summed E-state index contributed by atoms with van der Waals surface area (Å²) in [5, 5.41) is 6.88. The fourth-order valence-electron chi connectivity index (χ4n) is 12.5. The van der Waals surface area contributed by atoms with Crippen LogP contribution in [0, 0.1) is 0 Å².